The molecule has 1 aromatic carbocycles. The molecule has 0 unspecified atom stereocenters. The Hall–Kier alpha value is -2.15. The highest BCUT2D eigenvalue weighted by Gasteiger charge is 2.07. The van der Waals surface area contributed by atoms with Crippen LogP contribution in [0.3, 0.4) is 0 Å². The topological polar surface area (TPSA) is 102 Å². The minimum Gasteiger partial charge on any atom is -0.484 e. The smallest absolute Gasteiger partial charge is 0.273 e. The first-order chi connectivity index (χ1) is 8.13. The lowest BCUT2D eigenvalue weighted by Crippen LogP contribution is -2.31. The predicted molar refractivity (Wildman–Crippen MR) is 58.7 cm³/mol. The van der Waals surface area contributed by atoms with Crippen LogP contribution in [0, 0.1) is 10.1 Å². The van der Waals surface area contributed by atoms with Crippen molar-refractivity contribution in [2.75, 3.05) is 19.8 Å². The molecule has 0 saturated carbocycles. The van der Waals surface area contributed by atoms with E-state index in [0.717, 1.165) is 0 Å². The van der Waals surface area contributed by atoms with Crippen LogP contribution in [0.25, 0.3) is 0 Å². The number of hydrogen-bond donors (Lipinski definition) is 2. The van der Waals surface area contributed by atoms with Gasteiger partial charge in [-0.3, -0.25) is 14.9 Å². The van der Waals surface area contributed by atoms with Crippen molar-refractivity contribution in [1.29, 1.82) is 0 Å². The third kappa shape index (κ3) is 4.47. The van der Waals surface area contributed by atoms with Gasteiger partial charge in [0.25, 0.3) is 11.6 Å². The van der Waals surface area contributed by atoms with Crippen LogP contribution >= 0.6 is 0 Å². The standard InChI is InChI=1S/C10H12N2O5/c13-5-4-11-10(14)7-17-9-3-1-2-8(6-9)12(15)16/h1-3,6,13H,4-5,7H2,(H,11,14). The molecule has 0 atom stereocenters. The normalized spacial score (nSPS) is 9.71. The van der Waals surface area contributed by atoms with E-state index in [1.807, 2.05) is 0 Å². The first-order valence-electron chi connectivity index (χ1n) is 4.88. The van der Waals surface area contributed by atoms with Gasteiger partial charge in [-0.15, -0.1) is 0 Å². The lowest BCUT2D eigenvalue weighted by Gasteiger charge is -2.06. The number of rotatable bonds is 6. The number of hydrogen-bond acceptors (Lipinski definition) is 5. The highest BCUT2D eigenvalue weighted by atomic mass is 16.6. The number of benzene rings is 1. The summed E-state index contributed by atoms with van der Waals surface area (Å²) in [6.07, 6.45) is 0. The van der Waals surface area contributed by atoms with Crippen molar-refractivity contribution in [3.05, 3.63) is 34.4 Å². The Morgan fingerprint density at radius 3 is 2.94 bits per heavy atom. The van der Waals surface area contributed by atoms with E-state index in [9.17, 15) is 14.9 Å². The summed E-state index contributed by atoms with van der Waals surface area (Å²) >= 11 is 0. The number of aliphatic hydroxyl groups excluding tert-OH is 1. The van der Waals surface area contributed by atoms with Crippen LogP contribution in [0.15, 0.2) is 24.3 Å². The highest BCUT2D eigenvalue weighted by molar-refractivity contribution is 5.77. The maximum atomic E-state index is 11.1. The summed E-state index contributed by atoms with van der Waals surface area (Å²) < 4.78 is 5.06. The van der Waals surface area contributed by atoms with Gasteiger partial charge in [0.15, 0.2) is 6.61 Å². The fraction of sp³-hybridized carbons (Fsp3) is 0.300. The second-order valence-electron chi connectivity index (χ2n) is 3.12. The molecule has 1 rings (SSSR count). The maximum absolute atomic E-state index is 11.1. The van der Waals surface area contributed by atoms with E-state index in [1.165, 1.54) is 24.3 Å². The maximum Gasteiger partial charge on any atom is 0.273 e. The molecule has 0 saturated heterocycles. The molecule has 0 aromatic heterocycles. The number of nitro groups is 1. The first-order valence-corrected chi connectivity index (χ1v) is 4.88. The fourth-order valence-electron chi connectivity index (χ4n) is 1.08. The molecule has 0 aliphatic heterocycles. The van der Waals surface area contributed by atoms with Crippen LogP contribution in [0.4, 0.5) is 5.69 Å². The largest absolute Gasteiger partial charge is 0.484 e. The molecule has 7 nitrogen and oxygen atoms in total. The van der Waals surface area contributed by atoms with E-state index in [-0.39, 0.29) is 31.2 Å². The first kappa shape index (κ1) is 12.9. The molecule has 0 aliphatic carbocycles. The number of nitro benzene ring substituents is 1. The quantitative estimate of drug-likeness (QED) is 0.541. The molecule has 2 N–H and O–H groups in total. The van der Waals surface area contributed by atoms with Crippen LogP contribution in [0.1, 0.15) is 0 Å². The Bertz CT molecular complexity index is 407. The lowest BCUT2D eigenvalue weighted by molar-refractivity contribution is -0.384. The Morgan fingerprint density at radius 2 is 2.29 bits per heavy atom. The zero-order chi connectivity index (χ0) is 12.7. The zero-order valence-corrected chi connectivity index (χ0v) is 8.96. The van der Waals surface area contributed by atoms with Crippen LogP contribution in [-0.2, 0) is 4.79 Å². The average Bonchev–Trinajstić information content (AvgIpc) is 2.34. The van der Waals surface area contributed by atoms with Gasteiger partial charge in [-0.1, -0.05) is 6.07 Å². The monoisotopic (exact) mass is 240 g/mol. The van der Waals surface area contributed by atoms with Gasteiger partial charge >= 0.3 is 0 Å². The summed E-state index contributed by atoms with van der Waals surface area (Å²) in [5, 5.41) is 21.3. The highest BCUT2D eigenvalue weighted by Crippen LogP contribution is 2.18. The summed E-state index contributed by atoms with van der Waals surface area (Å²) in [6, 6.07) is 5.56. The van der Waals surface area contributed by atoms with Crippen LogP contribution < -0.4 is 10.1 Å². The van der Waals surface area contributed by atoms with E-state index in [0.29, 0.717) is 0 Å². The van der Waals surface area contributed by atoms with Crippen LogP contribution in [-0.4, -0.2) is 35.7 Å². The number of aliphatic hydroxyl groups is 1. The summed E-state index contributed by atoms with van der Waals surface area (Å²) in [6.45, 7) is -0.249. The Morgan fingerprint density at radius 1 is 1.53 bits per heavy atom. The minimum atomic E-state index is -0.543. The van der Waals surface area contributed by atoms with Gasteiger partial charge < -0.3 is 15.2 Å². The van der Waals surface area contributed by atoms with Crippen molar-refractivity contribution in [2.24, 2.45) is 0 Å². The molecular formula is C10H12N2O5. The van der Waals surface area contributed by atoms with E-state index in [1.54, 1.807) is 0 Å². The van der Waals surface area contributed by atoms with Gasteiger partial charge in [0.05, 0.1) is 17.6 Å². The molecule has 92 valence electrons. The number of ether oxygens (including phenoxy) is 1. The van der Waals surface area contributed by atoms with E-state index < -0.39 is 10.8 Å². The predicted octanol–water partition coefficient (Wildman–Crippen LogP) is 0.0821. The number of amides is 1. The van der Waals surface area contributed by atoms with Crippen molar-refractivity contribution in [3.8, 4) is 5.75 Å². The van der Waals surface area contributed by atoms with Crippen LogP contribution in [0.5, 0.6) is 5.75 Å². The van der Waals surface area contributed by atoms with Crippen molar-refractivity contribution in [3.63, 3.8) is 0 Å². The molecule has 0 radical (unpaired) electrons. The van der Waals surface area contributed by atoms with Crippen molar-refractivity contribution < 1.29 is 19.6 Å². The fourth-order valence-corrected chi connectivity index (χ4v) is 1.08. The number of carbonyl (C=O) groups is 1. The molecule has 17 heavy (non-hydrogen) atoms. The second-order valence-corrected chi connectivity index (χ2v) is 3.12. The van der Waals surface area contributed by atoms with Crippen molar-refractivity contribution in [2.45, 2.75) is 0 Å². The molecule has 0 aliphatic rings. The number of non-ortho nitro benzene ring substituents is 1. The van der Waals surface area contributed by atoms with Gasteiger partial charge in [0.1, 0.15) is 5.75 Å². The minimum absolute atomic E-state index is 0.0988. The molecule has 0 bridgehead atoms. The zero-order valence-electron chi connectivity index (χ0n) is 8.96. The van der Waals surface area contributed by atoms with Crippen LogP contribution in [0.2, 0.25) is 0 Å². The van der Waals surface area contributed by atoms with Gasteiger partial charge in [0.2, 0.25) is 0 Å². The molecule has 0 spiro atoms. The van der Waals surface area contributed by atoms with Crippen molar-refractivity contribution >= 4 is 11.6 Å². The molecule has 0 heterocycles. The SMILES string of the molecule is O=C(COc1cccc([N+](=O)[O-])c1)NCCO. The van der Waals surface area contributed by atoms with Gasteiger partial charge in [-0.05, 0) is 6.07 Å². The lowest BCUT2D eigenvalue weighted by atomic mass is 10.3. The van der Waals surface area contributed by atoms with E-state index in [2.05, 4.69) is 5.32 Å². The van der Waals surface area contributed by atoms with E-state index in [4.69, 9.17) is 9.84 Å². The average molecular weight is 240 g/mol. The molecular weight excluding hydrogens is 228 g/mol. The Kier molecular flexibility index (Phi) is 4.89. The summed E-state index contributed by atoms with van der Waals surface area (Å²) in [4.78, 5) is 21.0. The van der Waals surface area contributed by atoms with Gasteiger partial charge in [-0.25, -0.2) is 0 Å². The molecule has 1 aromatic rings. The second kappa shape index (κ2) is 6.44. The summed E-state index contributed by atoms with van der Waals surface area (Å²) in [5.74, 6) is -0.149. The van der Waals surface area contributed by atoms with Crippen molar-refractivity contribution in [1.82, 2.24) is 5.32 Å². The third-order valence-electron chi connectivity index (χ3n) is 1.83. The van der Waals surface area contributed by atoms with Gasteiger partial charge in [-0.2, -0.15) is 0 Å². The molecule has 7 heteroatoms. The van der Waals surface area contributed by atoms with Gasteiger partial charge in [0, 0.05) is 12.6 Å². The molecule has 0 fully saturated rings. The summed E-state index contributed by atoms with van der Waals surface area (Å²) in [7, 11) is 0. The molecule has 1 amide bonds. The van der Waals surface area contributed by atoms with E-state index >= 15 is 0 Å². The number of nitrogens with zero attached hydrogens (tertiary/aromatic N) is 1. The Balaban J connectivity index is 2.49. The third-order valence-corrected chi connectivity index (χ3v) is 1.83. The number of carbonyl (C=O) groups excluding carboxylic acids is 1. The Labute approximate surface area is 97.2 Å². The summed E-state index contributed by atoms with van der Waals surface area (Å²) in [5.41, 5.74) is -0.0988. The number of nitrogens with one attached hydrogen (secondary N) is 1.